The third-order valence-corrected chi connectivity index (χ3v) is 4.13. The predicted molar refractivity (Wildman–Crippen MR) is 73.4 cm³/mol. The largest absolute Gasteiger partial charge is 0.385 e. The van der Waals surface area contributed by atoms with Crippen LogP contribution < -0.4 is 0 Å². The monoisotopic (exact) mass is 246 g/mol. The smallest absolute Gasteiger partial charge is 0.0944 e. The van der Waals surface area contributed by atoms with Crippen molar-refractivity contribution in [3.05, 3.63) is 57.8 Å². The second-order valence-electron chi connectivity index (χ2n) is 4.44. The first kappa shape index (κ1) is 12.3. The van der Waals surface area contributed by atoms with Gasteiger partial charge in [-0.1, -0.05) is 37.3 Å². The van der Waals surface area contributed by atoms with E-state index in [-0.39, 0.29) is 0 Å². The van der Waals surface area contributed by atoms with Gasteiger partial charge in [0.15, 0.2) is 0 Å². The highest BCUT2D eigenvalue weighted by molar-refractivity contribution is 7.10. The van der Waals surface area contributed by atoms with Gasteiger partial charge in [0.25, 0.3) is 0 Å². The van der Waals surface area contributed by atoms with E-state index in [9.17, 15) is 5.11 Å². The summed E-state index contributed by atoms with van der Waals surface area (Å²) >= 11 is 1.70. The van der Waals surface area contributed by atoms with Gasteiger partial charge in [-0.3, -0.25) is 0 Å². The Morgan fingerprint density at radius 2 is 1.88 bits per heavy atom. The van der Waals surface area contributed by atoms with Crippen LogP contribution in [0.25, 0.3) is 0 Å². The lowest BCUT2D eigenvalue weighted by atomic mass is 9.85. The minimum Gasteiger partial charge on any atom is -0.385 e. The summed E-state index contributed by atoms with van der Waals surface area (Å²) in [4.78, 5) is 1.21. The number of aliphatic hydroxyl groups is 1. The van der Waals surface area contributed by atoms with Crippen LogP contribution in [-0.2, 0) is 12.0 Å². The van der Waals surface area contributed by atoms with Crippen LogP contribution in [0.15, 0.2) is 41.8 Å². The number of hydrogen-bond acceptors (Lipinski definition) is 2. The highest BCUT2D eigenvalue weighted by Crippen LogP contribution is 2.33. The first-order valence-electron chi connectivity index (χ1n) is 5.96. The maximum Gasteiger partial charge on any atom is 0.0944 e. The molecule has 1 atom stereocenters. The third kappa shape index (κ3) is 2.59. The molecule has 2 heteroatoms. The molecule has 1 nitrogen and oxygen atoms in total. The molecule has 0 aliphatic heterocycles. The zero-order valence-corrected chi connectivity index (χ0v) is 11.1. The van der Waals surface area contributed by atoms with Crippen molar-refractivity contribution < 1.29 is 5.11 Å². The summed E-state index contributed by atoms with van der Waals surface area (Å²) in [5.74, 6) is 0. The van der Waals surface area contributed by atoms with Crippen LogP contribution in [-0.4, -0.2) is 5.11 Å². The molecule has 2 rings (SSSR count). The molecule has 17 heavy (non-hydrogen) atoms. The molecule has 1 N–H and O–H groups in total. The Morgan fingerprint density at radius 3 is 2.41 bits per heavy atom. The van der Waals surface area contributed by atoms with Gasteiger partial charge in [-0.25, -0.2) is 0 Å². The Morgan fingerprint density at radius 1 is 1.18 bits per heavy atom. The molecule has 0 saturated carbocycles. The van der Waals surface area contributed by atoms with E-state index in [4.69, 9.17) is 0 Å². The van der Waals surface area contributed by atoms with E-state index in [0.29, 0.717) is 6.42 Å². The summed E-state index contributed by atoms with van der Waals surface area (Å²) in [6.07, 6.45) is 1.42. The van der Waals surface area contributed by atoms with Crippen molar-refractivity contribution in [1.82, 2.24) is 0 Å². The SMILES string of the molecule is CCC(O)(Cc1ccccc1)c1ccsc1C. The van der Waals surface area contributed by atoms with Gasteiger partial charge in [0.2, 0.25) is 0 Å². The number of hydrogen-bond donors (Lipinski definition) is 1. The summed E-state index contributed by atoms with van der Waals surface area (Å²) in [7, 11) is 0. The summed E-state index contributed by atoms with van der Waals surface area (Å²) in [5, 5.41) is 12.9. The number of rotatable bonds is 4. The van der Waals surface area contributed by atoms with Crippen LogP contribution in [0.1, 0.15) is 29.3 Å². The topological polar surface area (TPSA) is 20.2 Å². The van der Waals surface area contributed by atoms with Crippen molar-refractivity contribution in [2.75, 3.05) is 0 Å². The number of thiophene rings is 1. The number of aryl methyl sites for hydroxylation is 1. The minimum absolute atomic E-state index is 0.682. The lowest BCUT2D eigenvalue weighted by Gasteiger charge is -2.27. The van der Waals surface area contributed by atoms with Crippen molar-refractivity contribution in [2.45, 2.75) is 32.3 Å². The molecule has 1 unspecified atom stereocenters. The molecule has 90 valence electrons. The van der Waals surface area contributed by atoms with Crippen LogP contribution in [0, 0.1) is 6.92 Å². The van der Waals surface area contributed by atoms with Gasteiger partial charge < -0.3 is 5.11 Å². The molecule has 0 bridgehead atoms. The van der Waals surface area contributed by atoms with Gasteiger partial charge in [-0.05, 0) is 35.9 Å². The summed E-state index contributed by atoms with van der Waals surface area (Å²) in [6, 6.07) is 12.2. The van der Waals surface area contributed by atoms with Crippen molar-refractivity contribution >= 4 is 11.3 Å². The van der Waals surface area contributed by atoms with Crippen LogP contribution in [0.3, 0.4) is 0 Å². The molecule has 1 aromatic heterocycles. The maximum atomic E-state index is 10.8. The van der Waals surface area contributed by atoms with Crippen molar-refractivity contribution in [2.24, 2.45) is 0 Å². The second-order valence-corrected chi connectivity index (χ2v) is 5.56. The van der Waals surface area contributed by atoms with Gasteiger partial charge in [0.1, 0.15) is 0 Å². The number of benzene rings is 1. The Hall–Kier alpha value is -1.12. The van der Waals surface area contributed by atoms with Crippen molar-refractivity contribution in [3.8, 4) is 0 Å². The van der Waals surface area contributed by atoms with Gasteiger partial charge >= 0.3 is 0 Å². The molecule has 0 radical (unpaired) electrons. The zero-order valence-electron chi connectivity index (χ0n) is 10.3. The van der Waals surface area contributed by atoms with Crippen molar-refractivity contribution in [1.29, 1.82) is 0 Å². The lowest BCUT2D eigenvalue weighted by Crippen LogP contribution is -2.27. The fraction of sp³-hybridized carbons (Fsp3) is 0.333. The van der Waals surface area contributed by atoms with Crippen LogP contribution in [0.2, 0.25) is 0 Å². The van der Waals surface area contributed by atoms with Crippen LogP contribution in [0.5, 0.6) is 0 Å². The molecule has 0 saturated heterocycles. The summed E-state index contributed by atoms with van der Waals surface area (Å²) in [5.41, 5.74) is 1.53. The van der Waals surface area contributed by atoms with Crippen LogP contribution in [0.4, 0.5) is 0 Å². The Labute approximate surface area is 107 Å². The Bertz CT molecular complexity index is 475. The molecular weight excluding hydrogens is 228 g/mol. The lowest BCUT2D eigenvalue weighted by molar-refractivity contribution is 0.0326. The van der Waals surface area contributed by atoms with Gasteiger partial charge in [0, 0.05) is 11.3 Å². The van der Waals surface area contributed by atoms with Gasteiger partial charge in [0.05, 0.1) is 5.60 Å². The molecule has 1 heterocycles. The molecule has 0 amide bonds. The first-order valence-corrected chi connectivity index (χ1v) is 6.84. The van der Waals surface area contributed by atoms with Gasteiger partial charge in [-0.2, -0.15) is 0 Å². The molecule has 1 aromatic carbocycles. The van der Waals surface area contributed by atoms with Gasteiger partial charge in [-0.15, -0.1) is 11.3 Å². The highest BCUT2D eigenvalue weighted by Gasteiger charge is 2.29. The molecule has 2 aromatic rings. The van der Waals surface area contributed by atoms with E-state index < -0.39 is 5.60 Å². The normalized spacial score (nSPS) is 14.5. The maximum absolute atomic E-state index is 10.8. The third-order valence-electron chi connectivity index (χ3n) is 3.28. The molecule has 0 aliphatic rings. The van der Waals surface area contributed by atoms with E-state index in [0.717, 1.165) is 12.0 Å². The average Bonchev–Trinajstić information content (AvgIpc) is 2.77. The Balaban J connectivity index is 2.30. The second kappa shape index (κ2) is 5.03. The quantitative estimate of drug-likeness (QED) is 0.867. The van der Waals surface area contributed by atoms with E-state index in [1.807, 2.05) is 31.2 Å². The fourth-order valence-electron chi connectivity index (χ4n) is 2.21. The first-order chi connectivity index (χ1) is 8.15. The molecule has 0 aliphatic carbocycles. The highest BCUT2D eigenvalue weighted by atomic mass is 32.1. The molecular formula is C15H18OS. The van der Waals surface area contributed by atoms with E-state index >= 15 is 0 Å². The predicted octanol–water partition coefficient (Wildman–Crippen LogP) is 3.90. The standard InChI is InChI=1S/C15H18OS/c1-3-15(16,14-9-10-17-12(14)2)11-13-7-5-4-6-8-13/h4-10,16H,3,11H2,1-2H3. The molecule has 0 spiro atoms. The molecule has 0 fully saturated rings. The fourth-order valence-corrected chi connectivity index (χ4v) is 3.01. The Kier molecular flexibility index (Phi) is 3.65. The summed E-state index contributed by atoms with van der Waals surface area (Å²) < 4.78 is 0. The van der Waals surface area contributed by atoms with E-state index in [2.05, 4.69) is 24.4 Å². The summed E-state index contributed by atoms with van der Waals surface area (Å²) in [6.45, 7) is 4.12. The van der Waals surface area contributed by atoms with E-state index in [1.54, 1.807) is 11.3 Å². The van der Waals surface area contributed by atoms with Crippen molar-refractivity contribution in [3.63, 3.8) is 0 Å². The minimum atomic E-state index is -0.731. The van der Waals surface area contributed by atoms with E-state index in [1.165, 1.54) is 10.4 Å². The zero-order chi connectivity index (χ0) is 12.3. The van der Waals surface area contributed by atoms with Crippen LogP contribution >= 0.6 is 11.3 Å². The average molecular weight is 246 g/mol.